The fraction of sp³-hybridized carbons (Fsp3) is 0.273. The number of anilines is 3. The monoisotopic (exact) mass is 415 g/mol. The molecule has 1 atom stereocenters. The van der Waals surface area contributed by atoms with Crippen LogP contribution in [0.3, 0.4) is 0 Å². The van der Waals surface area contributed by atoms with E-state index in [1.54, 1.807) is 36.8 Å². The molecule has 1 aliphatic rings. The summed E-state index contributed by atoms with van der Waals surface area (Å²) in [6, 6.07) is 9.49. The van der Waals surface area contributed by atoms with E-state index in [-0.39, 0.29) is 11.8 Å². The standard InChI is InChI=1S/C22H21N7O2/c1-14(30)8-17-2-3-18(12-25-17)28-22-24-6-4-20(29-22)16-9-15(10-23)21(26-11-16)27-19-5-7-31-13-19/h2-4,6,9,11-12,19H,5,7-8,13H2,1H3,(H,26,27)(H,24,28,29). The van der Waals surface area contributed by atoms with Gasteiger partial charge in [-0.15, -0.1) is 0 Å². The van der Waals surface area contributed by atoms with Crippen LogP contribution in [0.4, 0.5) is 17.5 Å². The van der Waals surface area contributed by atoms with E-state index in [9.17, 15) is 10.1 Å². The summed E-state index contributed by atoms with van der Waals surface area (Å²) in [5, 5.41) is 15.9. The maximum absolute atomic E-state index is 11.2. The largest absolute Gasteiger partial charge is 0.379 e. The number of Topliss-reactive ketones (excluding diaryl/α,β-unsaturated/α-hetero) is 1. The van der Waals surface area contributed by atoms with Crippen molar-refractivity contribution in [2.45, 2.75) is 25.8 Å². The molecule has 0 radical (unpaired) electrons. The van der Waals surface area contributed by atoms with E-state index < -0.39 is 0 Å². The van der Waals surface area contributed by atoms with Crippen LogP contribution in [-0.4, -0.2) is 45.0 Å². The number of rotatable bonds is 7. The number of pyridine rings is 2. The van der Waals surface area contributed by atoms with Crippen molar-refractivity contribution in [1.29, 1.82) is 5.26 Å². The second-order valence-corrected chi connectivity index (χ2v) is 7.24. The van der Waals surface area contributed by atoms with Gasteiger partial charge in [0.2, 0.25) is 5.95 Å². The van der Waals surface area contributed by atoms with Crippen molar-refractivity contribution < 1.29 is 9.53 Å². The molecule has 4 heterocycles. The molecule has 1 unspecified atom stereocenters. The molecular formula is C22H21N7O2. The molecule has 0 aromatic carbocycles. The van der Waals surface area contributed by atoms with Gasteiger partial charge in [0, 0.05) is 36.7 Å². The number of nitrogens with zero attached hydrogens (tertiary/aromatic N) is 5. The summed E-state index contributed by atoms with van der Waals surface area (Å²) in [6.07, 6.45) is 6.15. The van der Waals surface area contributed by atoms with Crippen LogP contribution < -0.4 is 10.6 Å². The maximum atomic E-state index is 11.2. The van der Waals surface area contributed by atoms with E-state index >= 15 is 0 Å². The Morgan fingerprint density at radius 1 is 1.26 bits per heavy atom. The van der Waals surface area contributed by atoms with Crippen molar-refractivity contribution in [1.82, 2.24) is 19.9 Å². The van der Waals surface area contributed by atoms with Crippen LogP contribution in [0.2, 0.25) is 0 Å². The number of carbonyl (C=O) groups is 1. The van der Waals surface area contributed by atoms with Crippen LogP contribution in [-0.2, 0) is 16.0 Å². The second kappa shape index (κ2) is 9.28. The minimum atomic E-state index is 0.0624. The molecule has 0 spiro atoms. The van der Waals surface area contributed by atoms with Crippen LogP contribution in [0.15, 0.2) is 42.9 Å². The predicted octanol–water partition coefficient (Wildman–Crippen LogP) is 2.88. The first-order valence-corrected chi connectivity index (χ1v) is 9.90. The summed E-state index contributed by atoms with van der Waals surface area (Å²) in [7, 11) is 0. The Balaban J connectivity index is 1.51. The molecule has 3 aromatic heterocycles. The Bertz CT molecular complexity index is 1120. The number of hydrogen-bond donors (Lipinski definition) is 2. The van der Waals surface area contributed by atoms with Gasteiger partial charge in [-0.1, -0.05) is 0 Å². The third-order valence-corrected chi connectivity index (χ3v) is 4.74. The maximum Gasteiger partial charge on any atom is 0.227 e. The van der Waals surface area contributed by atoms with E-state index in [4.69, 9.17) is 4.74 Å². The Hall–Kier alpha value is -3.90. The van der Waals surface area contributed by atoms with Gasteiger partial charge in [-0.3, -0.25) is 9.78 Å². The Morgan fingerprint density at radius 3 is 2.87 bits per heavy atom. The van der Waals surface area contributed by atoms with E-state index in [0.717, 1.165) is 6.42 Å². The zero-order chi connectivity index (χ0) is 21.6. The van der Waals surface area contributed by atoms with E-state index in [0.29, 0.717) is 59.6 Å². The minimum Gasteiger partial charge on any atom is -0.379 e. The van der Waals surface area contributed by atoms with Crippen LogP contribution in [0.1, 0.15) is 24.6 Å². The fourth-order valence-corrected chi connectivity index (χ4v) is 3.21. The second-order valence-electron chi connectivity index (χ2n) is 7.24. The van der Waals surface area contributed by atoms with Gasteiger partial charge in [0.25, 0.3) is 0 Å². The van der Waals surface area contributed by atoms with Crippen LogP contribution >= 0.6 is 0 Å². The Morgan fingerprint density at radius 2 is 2.16 bits per heavy atom. The molecule has 1 saturated heterocycles. The molecule has 9 heteroatoms. The molecule has 0 saturated carbocycles. The molecule has 0 amide bonds. The zero-order valence-electron chi connectivity index (χ0n) is 17.0. The summed E-state index contributed by atoms with van der Waals surface area (Å²) >= 11 is 0. The first-order valence-electron chi connectivity index (χ1n) is 9.90. The lowest BCUT2D eigenvalue weighted by atomic mass is 10.1. The molecule has 156 valence electrons. The molecule has 2 N–H and O–H groups in total. The van der Waals surface area contributed by atoms with Crippen molar-refractivity contribution in [3.8, 4) is 17.3 Å². The predicted molar refractivity (Wildman–Crippen MR) is 115 cm³/mol. The summed E-state index contributed by atoms with van der Waals surface area (Å²) < 4.78 is 5.36. The van der Waals surface area contributed by atoms with Gasteiger partial charge in [-0.25, -0.2) is 15.0 Å². The van der Waals surface area contributed by atoms with Crippen LogP contribution in [0.25, 0.3) is 11.3 Å². The molecule has 0 bridgehead atoms. The fourth-order valence-electron chi connectivity index (χ4n) is 3.21. The number of carbonyl (C=O) groups excluding carboxylic acids is 1. The van der Waals surface area contributed by atoms with Crippen LogP contribution in [0, 0.1) is 11.3 Å². The third kappa shape index (κ3) is 5.18. The Kier molecular flexibility index (Phi) is 6.10. The molecule has 4 rings (SSSR count). The molecule has 1 aliphatic heterocycles. The summed E-state index contributed by atoms with van der Waals surface area (Å²) in [6.45, 7) is 2.86. The Labute approximate surface area is 179 Å². The summed E-state index contributed by atoms with van der Waals surface area (Å²) in [5.41, 5.74) is 3.21. The van der Waals surface area contributed by atoms with E-state index in [2.05, 4.69) is 36.6 Å². The highest BCUT2D eigenvalue weighted by atomic mass is 16.5. The SMILES string of the molecule is CC(=O)Cc1ccc(Nc2nccc(-c3cnc(NC4CCOC4)c(C#N)c3)n2)cn1. The molecule has 0 aliphatic carbocycles. The van der Waals surface area contributed by atoms with Gasteiger partial charge in [0.15, 0.2) is 0 Å². The average molecular weight is 415 g/mol. The van der Waals surface area contributed by atoms with Crippen molar-refractivity contribution in [2.24, 2.45) is 0 Å². The van der Waals surface area contributed by atoms with Crippen LogP contribution in [0.5, 0.6) is 0 Å². The minimum absolute atomic E-state index is 0.0624. The highest BCUT2D eigenvalue weighted by molar-refractivity contribution is 5.77. The van der Waals surface area contributed by atoms with Crippen molar-refractivity contribution in [3.63, 3.8) is 0 Å². The number of aromatic nitrogens is 4. The molecule has 1 fully saturated rings. The summed E-state index contributed by atoms with van der Waals surface area (Å²) in [4.78, 5) is 28.7. The highest BCUT2D eigenvalue weighted by Gasteiger charge is 2.18. The van der Waals surface area contributed by atoms with E-state index in [1.165, 1.54) is 6.92 Å². The lowest BCUT2D eigenvalue weighted by Crippen LogP contribution is -2.20. The summed E-state index contributed by atoms with van der Waals surface area (Å²) in [5.74, 6) is 1.00. The van der Waals surface area contributed by atoms with Gasteiger partial charge >= 0.3 is 0 Å². The molecular weight excluding hydrogens is 394 g/mol. The zero-order valence-corrected chi connectivity index (χ0v) is 17.0. The van der Waals surface area contributed by atoms with E-state index in [1.807, 2.05) is 6.07 Å². The van der Waals surface area contributed by atoms with Crippen molar-refractivity contribution >= 4 is 23.2 Å². The van der Waals surface area contributed by atoms with Crippen molar-refractivity contribution in [3.05, 3.63) is 54.1 Å². The lowest BCUT2D eigenvalue weighted by molar-refractivity contribution is -0.116. The third-order valence-electron chi connectivity index (χ3n) is 4.74. The number of nitriles is 1. The molecule has 9 nitrogen and oxygen atoms in total. The van der Waals surface area contributed by atoms with Gasteiger partial charge < -0.3 is 15.4 Å². The average Bonchev–Trinajstić information content (AvgIpc) is 3.28. The first kappa shape index (κ1) is 20.4. The smallest absolute Gasteiger partial charge is 0.227 e. The lowest BCUT2D eigenvalue weighted by Gasteiger charge is -2.13. The van der Waals surface area contributed by atoms with Gasteiger partial charge in [-0.2, -0.15) is 5.26 Å². The quantitative estimate of drug-likeness (QED) is 0.599. The van der Waals surface area contributed by atoms with Gasteiger partial charge in [0.1, 0.15) is 17.7 Å². The number of hydrogen-bond acceptors (Lipinski definition) is 9. The number of ether oxygens (including phenoxy) is 1. The highest BCUT2D eigenvalue weighted by Crippen LogP contribution is 2.24. The topological polar surface area (TPSA) is 126 Å². The first-order chi connectivity index (χ1) is 15.1. The molecule has 31 heavy (non-hydrogen) atoms. The normalized spacial score (nSPS) is 15.3. The number of ketones is 1. The molecule has 3 aromatic rings. The van der Waals surface area contributed by atoms with Gasteiger partial charge in [0.05, 0.1) is 35.8 Å². The number of nitrogens with one attached hydrogen (secondary N) is 2. The van der Waals surface area contributed by atoms with Crippen molar-refractivity contribution in [2.75, 3.05) is 23.8 Å². The van der Waals surface area contributed by atoms with Gasteiger partial charge in [-0.05, 0) is 37.6 Å².